The summed E-state index contributed by atoms with van der Waals surface area (Å²) >= 11 is 0. The van der Waals surface area contributed by atoms with E-state index in [-0.39, 0.29) is 59.3 Å². The number of hydrogen-bond donors (Lipinski definition) is 1. The van der Waals surface area contributed by atoms with Crippen LogP contribution in [-0.2, 0) is 53.6 Å². The summed E-state index contributed by atoms with van der Waals surface area (Å²) in [6.07, 6.45) is 8.63. The van der Waals surface area contributed by atoms with Crippen molar-refractivity contribution < 1.29 is 26.2 Å². The molecule has 0 unspecified atom stereocenters. The fourth-order valence-corrected chi connectivity index (χ4v) is 9.81. The van der Waals surface area contributed by atoms with Gasteiger partial charge in [0.2, 0.25) is 0 Å². The average Bonchev–Trinajstić information content (AvgIpc) is 4.13. The van der Waals surface area contributed by atoms with Crippen molar-refractivity contribution in [1.82, 2.24) is 19.9 Å². The molecule has 7 aromatic rings. The molecule has 8 bridgehead atoms. The van der Waals surface area contributed by atoms with Crippen LogP contribution in [-0.4, -0.2) is 15.1 Å². The van der Waals surface area contributed by atoms with E-state index in [1.807, 2.05) is 12.1 Å². The topological polar surface area (TPSA) is 74.2 Å². The van der Waals surface area contributed by atoms with Gasteiger partial charge in [-0.15, -0.1) is 22.1 Å². The molecule has 74 heavy (non-hydrogen) atoms. The first-order valence-corrected chi connectivity index (χ1v) is 26.2. The number of fused-ring (bicyclic) bond motifs is 8. The molecule has 2 aliphatic rings. The molecule has 2 aliphatic heterocycles. The van der Waals surface area contributed by atoms with Crippen molar-refractivity contribution in [3.8, 4) is 50.3 Å². The van der Waals surface area contributed by atoms with E-state index in [9.17, 15) is 5.11 Å². The summed E-state index contributed by atoms with van der Waals surface area (Å²) in [5.74, 6) is 0.199. The SMILES string of the molecule is CC(C)(C)c1cc(-c2c3nc(c(-c4cc(C(C)(C)C)cc(C(C)(C)C)c4)c4ccc([n-]4)c(-c4cc(C(C)(C)C)cc(C(C)(C)C)c4)c4nc(c(-c5ccc(O)cc5)c5ccc2[n-]5)C=C4)C=C3)cc(C(C)(C)C)c1.[Pt+2]. The fourth-order valence-electron chi connectivity index (χ4n) is 9.81. The molecule has 0 atom stereocenters. The van der Waals surface area contributed by atoms with Gasteiger partial charge in [0.1, 0.15) is 5.75 Å². The van der Waals surface area contributed by atoms with Crippen molar-refractivity contribution >= 4 is 46.4 Å². The van der Waals surface area contributed by atoms with Crippen molar-refractivity contribution in [1.29, 1.82) is 0 Å². The number of aromatic hydroxyl groups is 1. The molecule has 3 aromatic heterocycles. The van der Waals surface area contributed by atoms with Crippen molar-refractivity contribution in [2.45, 2.75) is 157 Å². The monoisotopic (exact) mass is 1160 g/mol. The second-order valence-corrected chi connectivity index (χ2v) is 26.8. The first-order chi connectivity index (χ1) is 33.8. The number of phenols is 1. The predicted molar refractivity (Wildman–Crippen MR) is 312 cm³/mol. The van der Waals surface area contributed by atoms with Crippen molar-refractivity contribution in [2.24, 2.45) is 0 Å². The van der Waals surface area contributed by atoms with Crippen molar-refractivity contribution in [2.75, 3.05) is 0 Å². The van der Waals surface area contributed by atoms with Gasteiger partial charge in [-0.3, -0.25) is 0 Å². The van der Waals surface area contributed by atoms with Gasteiger partial charge in [0.25, 0.3) is 0 Å². The van der Waals surface area contributed by atoms with E-state index in [0.29, 0.717) is 0 Å². The number of benzene rings is 4. The third kappa shape index (κ3) is 10.9. The molecule has 9 rings (SSSR count). The maximum atomic E-state index is 10.6. The normalized spacial score (nSPS) is 13.4. The molecule has 4 aromatic carbocycles. The Morgan fingerprint density at radius 2 is 0.514 bits per heavy atom. The molecule has 5 nitrogen and oxygen atoms in total. The number of aromatic nitrogens is 4. The maximum absolute atomic E-state index is 10.6. The van der Waals surface area contributed by atoms with Crippen LogP contribution in [0.25, 0.3) is 90.9 Å². The Morgan fingerprint density at radius 3 is 0.730 bits per heavy atom. The summed E-state index contributed by atoms with van der Waals surface area (Å²) in [5, 5.41) is 10.6. The van der Waals surface area contributed by atoms with Gasteiger partial charge in [0, 0.05) is 0 Å². The first kappa shape index (κ1) is 54.2. The molecule has 384 valence electrons. The van der Waals surface area contributed by atoms with E-state index in [2.05, 4.69) is 228 Å². The Kier molecular flexibility index (Phi) is 13.9. The third-order valence-corrected chi connectivity index (χ3v) is 14.6. The van der Waals surface area contributed by atoms with E-state index < -0.39 is 0 Å². The van der Waals surface area contributed by atoms with E-state index >= 15 is 0 Å². The molecule has 0 fully saturated rings. The Morgan fingerprint density at radius 1 is 0.297 bits per heavy atom. The quantitative estimate of drug-likeness (QED) is 0.190. The van der Waals surface area contributed by atoms with Crippen LogP contribution in [0.4, 0.5) is 0 Å². The molecular weight excluding hydrogens is 1080 g/mol. The Hall–Kier alpha value is -6.03. The summed E-state index contributed by atoms with van der Waals surface area (Å²) in [5.41, 5.74) is 21.3. The van der Waals surface area contributed by atoms with Crippen LogP contribution in [0.5, 0.6) is 5.75 Å². The molecule has 0 spiro atoms. The standard InChI is InChI=1S/C68H76N4O.Pt/c1-63(2,3)44-31-41(32-45(37-44)64(4,5)6)60-53-25-23-51(69-53)59(40-19-21-50(73)22-20-40)52-24-26-54(70-52)61(42-33-46(65(7,8)9)38-47(34-42)66(10,11)12)56-28-30-58(72-56)62(57-29-27-55(60)71-57)43-35-48(67(13,14)15)39-49(36-43)68(16,17)18;/h19-39H,1-18H3,(H-2,69,70,71,72,73);/q-2;+2. The molecular formula is C68H76N4OPt. The molecule has 0 saturated carbocycles. The van der Waals surface area contributed by atoms with Gasteiger partial charge in [0.15, 0.2) is 0 Å². The van der Waals surface area contributed by atoms with E-state index in [1.165, 1.54) is 33.4 Å². The van der Waals surface area contributed by atoms with E-state index in [1.54, 1.807) is 12.1 Å². The number of phenolic OH excluding ortho intramolecular Hbond substituents is 1. The molecule has 0 amide bonds. The minimum atomic E-state index is -0.117. The molecule has 5 heterocycles. The van der Waals surface area contributed by atoms with Gasteiger partial charge in [-0.1, -0.05) is 216 Å². The van der Waals surface area contributed by atoms with Crippen LogP contribution in [0.15, 0.2) is 103 Å². The summed E-state index contributed by atoms with van der Waals surface area (Å²) < 4.78 is 0. The summed E-state index contributed by atoms with van der Waals surface area (Å²) in [7, 11) is 0. The Bertz CT molecular complexity index is 3380. The Labute approximate surface area is 456 Å². The van der Waals surface area contributed by atoms with E-state index in [4.69, 9.17) is 19.9 Å². The Balaban J connectivity index is 0.00000729. The first-order valence-electron chi connectivity index (χ1n) is 26.2. The summed E-state index contributed by atoms with van der Waals surface area (Å²) in [4.78, 5) is 22.7. The van der Waals surface area contributed by atoms with Gasteiger partial charge < -0.3 is 15.1 Å². The van der Waals surface area contributed by atoms with Crippen LogP contribution in [0.2, 0.25) is 0 Å². The minimum Gasteiger partial charge on any atom is -0.657 e. The van der Waals surface area contributed by atoms with Crippen LogP contribution in [0.1, 0.15) is 181 Å². The zero-order chi connectivity index (χ0) is 53.0. The van der Waals surface area contributed by atoms with Crippen LogP contribution in [0.3, 0.4) is 0 Å². The van der Waals surface area contributed by atoms with Crippen LogP contribution < -0.4 is 9.97 Å². The summed E-state index contributed by atoms with van der Waals surface area (Å²) in [6, 6.07) is 37.2. The second-order valence-electron chi connectivity index (χ2n) is 26.8. The maximum Gasteiger partial charge on any atom is 2.00 e. The largest absolute Gasteiger partial charge is 2.00 e. The smallest absolute Gasteiger partial charge is 0.657 e. The van der Waals surface area contributed by atoms with Gasteiger partial charge >= 0.3 is 21.1 Å². The summed E-state index contributed by atoms with van der Waals surface area (Å²) in [6.45, 7) is 41.2. The van der Waals surface area contributed by atoms with Crippen LogP contribution >= 0.6 is 0 Å². The molecule has 6 heteroatoms. The number of nitrogens with zero attached hydrogens (tertiary/aromatic N) is 4. The average molecular weight is 1160 g/mol. The van der Waals surface area contributed by atoms with Crippen molar-refractivity contribution in [3.05, 3.63) is 159 Å². The fraction of sp³-hybridized carbons (Fsp3) is 0.353. The second kappa shape index (κ2) is 19.0. The third-order valence-electron chi connectivity index (χ3n) is 14.6. The van der Waals surface area contributed by atoms with Gasteiger partial charge in [0.05, 0.1) is 22.8 Å². The minimum absolute atomic E-state index is 0. The molecule has 1 N–H and O–H groups in total. The predicted octanol–water partition coefficient (Wildman–Crippen LogP) is 18.1. The van der Waals surface area contributed by atoms with Crippen LogP contribution in [0, 0.1) is 0 Å². The van der Waals surface area contributed by atoms with Crippen molar-refractivity contribution in [3.63, 3.8) is 0 Å². The number of hydrogen-bond acceptors (Lipinski definition) is 3. The van der Waals surface area contributed by atoms with Gasteiger partial charge in [-0.05, 0) is 147 Å². The van der Waals surface area contributed by atoms with Gasteiger partial charge in [-0.25, -0.2) is 9.97 Å². The zero-order valence-electron chi connectivity index (χ0n) is 47.2. The van der Waals surface area contributed by atoms with E-state index in [0.717, 1.165) is 89.4 Å². The molecule has 0 saturated heterocycles. The molecule has 0 aliphatic carbocycles. The van der Waals surface area contributed by atoms with Gasteiger partial charge in [-0.2, -0.15) is 0 Å². The number of rotatable bonds is 4. The zero-order valence-corrected chi connectivity index (χ0v) is 49.4. The molecule has 0 radical (unpaired) electrons.